The van der Waals surface area contributed by atoms with Gasteiger partial charge in [0.2, 0.25) is 11.9 Å². The summed E-state index contributed by atoms with van der Waals surface area (Å²) < 4.78 is 0. The van der Waals surface area contributed by atoms with Crippen molar-refractivity contribution >= 4 is 34.7 Å². The van der Waals surface area contributed by atoms with Crippen molar-refractivity contribution in [2.75, 3.05) is 30.0 Å². The van der Waals surface area contributed by atoms with E-state index in [1.807, 2.05) is 24.3 Å². The average Bonchev–Trinajstić information content (AvgIpc) is 3.21. The Balaban J connectivity index is 1.47. The van der Waals surface area contributed by atoms with Gasteiger partial charge in [0.25, 0.3) is 0 Å². The monoisotopic (exact) mass is 410 g/mol. The van der Waals surface area contributed by atoms with Crippen molar-refractivity contribution < 1.29 is 4.79 Å². The van der Waals surface area contributed by atoms with Crippen LogP contribution in [0.15, 0.2) is 42.7 Å². The summed E-state index contributed by atoms with van der Waals surface area (Å²) in [6.07, 6.45) is 8.24. The number of benzene rings is 1. The molecule has 0 bridgehead atoms. The minimum Gasteiger partial charge on any atom is -0.346 e. The minimum atomic E-state index is -0.120. The molecule has 2 N–H and O–H groups in total. The molecular formula is C21H26N6OS. The van der Waals surface area contributed by atoms with Crippen molar-refractivity contribution in [2.24, 2.45) is 5.92 Å². The Morgan fingerprint density at radius 2 is 2.14 bits per heavy atom. The van der Waals surface area contributed by atoms with Crippen molar-refractivity contribution in [1.29, 1.82) is 0 Å². The lowest BCUT2D eigenvalue weighted by Gasteiger charge is -2.32. The number of amides is 1. The van der Waals surface area contributed by atoms with Gasteiger partial charge in [-0.1, -0.05) is 12.1 Å². The molecule has 2 unspecified atom stereocenters. The SMILES string of the molecule is CSCCC(NC(=O)C1CCCN(c2ncccn2)C1)c1nc2ccccc2[nH]1. The first-order valence-corrected chi connectivity index (χ1v) is 11.4. The molecule has 0 radical (unpaired) electrons. The fourth-order valence-electron chi connectivity index (χ4n) is 3.77. The normalized spacial score (nSPS) is 18.0. The number of para-hydroxylation sites is 2. The minimum absolute atomic E-state index is 0.0753. The zero-order valence-electron chi connectivity index (χ0n) is 16.5. The highest BCUT2D eigenvalue weighted by Gasteiger charge is 2.29. The van der Waals surface area contributed by atoms with Crippen LogP contribution >= 0.6 is 11.8 Å². The van der Waals surface area contributed by atoms with E-state index in [9.17, 15) is 4.79 Å². The standard InChI is InChI=1S/C21H26N6OS/c1-29-13-9-18(19-24-16-7-2-3-8-17(16)25-19)26-20(28)15-6-4-12-27(14-15)21-22-10-5-11-23-21/h2-3,5,7-8,10-11,15,18H,4,6,9,12-14H2,1H3,(H,24,25)(H,26,28). The molecule has 1 amide bonds. The molecule has 2 aromatic heterocycles. The van der Waals surface area contributed by atoms with Crippen LogP contribution in [-0.4, -0.2) is 50.9 Å². The summed E-state index contributed by atoms with van der Waals surface area (Å²) in [6, 6.07) is 9.65. The second kappa shape index (κ2) is 9.26. The maximum absolute atomic E-state index is 13.1. The largest absolute Gasteiger partial charge is 0.346 e. The number of aromatic amines is 1. The van der Waals surface area contributed by atoms with Crippen LogP contribution in [0.1, 0.15) is 31.1 Å². The van der Waals surface area contributed by atoms with E-state index in [0.717, 1.165) is 48.4 Å². The summed E-state index contributed by atoms with van der Waals surface area (Å²) in [5.41, 5.74) is 1.92. The summed E-state index contributed by atoms with van der Waals surface area (Å²) in [6.45, 7) is 1.53. The Morgan fingerprint density at radius 3 is 2.93 bits per heavy atom. The predicted molar refractivity (Wildman–Crippen MR) is 117 cm³/mol. The Kier molecular flexibility index (Phi) is 6.29. The maximum Gasteiger partial charge on any atom is 0.225 e. The van der Waals surface area contributed by atoms with Crippen LogP contribution in [-0.2, 0) is 4.79 Å². The van der Waals surface area contributed by atoms with E-state index in [1.165, 1.54) is 0 Å². The number of nitrogens with zero attached hydrogens (tertiary/aromatic N) is 4. The first-order valence-electron chi connectivity index (χ1n) is 10.0. The molecule has 4 rings (SSSR count). The third-order valence-electron chi connectivity index (χ3n) is 5.29. The molecule has 29 heavy (non-hydrogen) atoms. The predicted octanol–water partition coefficient (Wildman–Crippen LogP) is 3.18. The summed E-state index contributed by atoms with van der Waals surface area (Å²) in [5, 5.41) is 3.26. The van der Waals surface area contributed by atoms with Gasteiger partial charge in [-0.2, -0.15) is 11.8 Å². The Hall–Kier alpha value is -2.61. The molecule has 3 aromatic rings. The highest BCUT2D eigenvalue weighted by molar-refractivity contribution is 7.98. The third kappa shape index (κ3) is 4.70. The van der Waals surface area contributed by atoms with Crippen LogP contribution < -0.4 is 10.2 Å². The van der Waals surface area contributed by atoms with Gasteiger partial charge in [-0.25, -0.2) is 15.0 Å². The number of hydrogen-bond donors (Lipinski definition) is 2. The molecule has 8 heteroatoms. The summed E-state index contributed by atoms with van der Waals surface area (Å²) in [7, 11) is 0. The van der Waals surface area contributed by atoms with E-state index in [2.05, 4.69) is 31.4 Å². The molecule has 7 nitrogen and oxygen atoms in total. The maximum atomic E-state index is 13.1. The van der Waals surface area contributed by atoms with Gasteiger partial charge in [-0.05, 0) is 49.5 Å². The third-order valence-corrected chi connectivity index (χ3v) is 5.94. The highest BCUT2D eigenvalue weighted by atomic mass is 32.2. The van der Waals surface area contributed by atoms with Gasteiger partial charge < -0.3 is 15.2 Å². The number of rotatable bonds is 7. The number of fused-ring (bicyclic) bond motifs is 1. The number of anilines is 1. The molecule has 2 atom stereocenters. The Labute approximate surface area is 174 Å². The molecule has 0 saturated carbocycles. The molecule has 0 aliphatic carbocycles. The highest BCUT2D eigenvalue weighted by Crippen LogP contribution is 2.24. The van der Waals surface area contributed by atoms with E-state index >= 15 is 0 Å². The number of hydrogen-bond acceptors (Lipinski definition) is 6. The van der Waals surface area contributed by atoms with E-state index in [-0.39, 0.29) is 17.9 Å². The number of carbonyl (C=O) groups is 1. The van der Waals surface area contributed by atoms with Crippen molar-refractivity contribution in [3.8, 4) is 0 Å². The van der Waals surface area contributed by atoms with Gasteiger partial charge in [-0.15, -0.1) is 0 Å². The van der Waals surface area contributed by atoms with Crippen LogP contribution in [0, 0.1) is 5.92 Å². The lowest BCUT2D eigenvalue weighted by Crippen LogP contribution is -2.44. The van der Waals surface area contributed by atoms with Gasteiger partial charge in [0.05, 0.1) is 23.0 Å². The fraction of sp³-hybridized carbons (Fsp3) is 0.429. The smallest absolute Gasteiger partial charge is 0.225 e. The summed E-state index contributed by atoms with van der Waals surface area (Å²) in [4.78, 5) is 32.0. The molecular weight excluding hydrogens is 384 g/mol. The first kappa shape index (κ1) is 19.7. The molecule has 1 aliphatic heterocycles. The topological polar surface area (TPSA) is 86.8 Å². The number of carbonyl (C=O) groups excluding carboxylic acids is 1. The summed E-state index contributed by atoms with van der Waals surface area (Å²) in [5.74, 6) is 2.48. The van der Waals surface area contributed by atoms with Crippen LogP contribution in [0.25, 0.3) is 11.0 Å². The number of imidazole rings is 1. The lowest BCUT2D eigenvalue weighted by molar-refractivity contribution is -0.126. The zero-order chi connectivity index (χ0) is 20.1. The summed E-state index contributed by atoms with van der Waals surface area (Å²) >= 11 is 1.77. The first-order chi connectivity index (χ1) is 14.2. The average molecular weight is 411 g/mol. The number of aromatic nitrogens is 4. The van der Waals surface area contributed by atoms with Crippen molar-refractivity contribution in [3.63, 3.8) is 0 Å². The number of nitrogens with one attached hydrogen (secondary N) is 2. The van der Waals surface area contributed by atoms with Gasteiger partial charge in [0.15, 0.2) is 0 Å². The van der Waals surface area contributed by atoms with Crippen molar-refractivity contribution in [2.45, 2.75) is 25.3 Å². The molecule has 1 fully saturated rings. The quantitative estimate of drug-likeness (QED) is 0.622. The van der Waals surface area contributed by atoms with E-state index in [1.54, 1.807) is 30.2 Å². The van der Waals surface area contributed by atoms with E-state index < -0.39 is 0 Å². The number of piperidine rings is 1. The van der Waals surface area contributed by atoms with Gasteiger partial charge >= 0.3 is 0 Å². The molecule has 1 aliphatic rings. The zero-order valence-corrected chi connectivity index (χ0v) is 17.4. The van der Waals surface area contributed by atoms with Gasteiger partial charge in [0.1, 0.15) is 5.82 Å². The molecule has 3 heterocycles. The van der Waals surface area contributed by atoms with Gasteiger partial charge in [-0.3, -0.25) is 4.79 Å². The molecule has 0 spiro atoms. The second-order valence-corrected chi connectivity index (χ2v) is 8.30. The lowest BCUT2D eigenvalue weighted by atomic mass is 9.97. The van der Waals surface area contributed by atoms with E-state index in [0.29, 0.717) is 12.5 Å². The number of thioether (sulfide) groups is 1. The second-order valence-electron chi connectivity index (χ2n) is 7.32. The number of H-pyrrole nitrogens is 1. The van der Waals surface area contributed by atoms with Crippen LogP contribution in [0.2, 0.25) is 0 Å². The van der Waals surface area contributed by atoms with Crippen LogP contribution in [0.3, 0.4) is 0 Å². The molecule has 1 saturated heterocycles. The van der Waals surface area contributed by atoms with Crippen molar-refractivity contribution in [1.82, 2.24) is 25.3 Å². The fourth-order valence-corrected chi connectivity index (χ4v) is 4.24. The van der Waals surface area contributed by atoms with Crippen LogP contribution in [0.5, 0.6) is 0 Å². The van der Waals surface area contributed by atoms with Crippen LogP contribution in [0.4, 0.5) is 5.95 Å². The Morgan fingerprint density at radius 1 is 1.31 bits per heavy atom. The molecule has 152 valence electrons. The van der Waals surface area contributed by atoms with E-state index in [4.69, 9.17) is 4.98 Å². The van der Waals surface area contributed by atoms with Gasteiger partial charge in [0, 0.05) is 25.5 Å². The Bertz CT molecular complexity index is 914. The van der Waals surface area contributed by atoms with Crippen molar-refractivity contribution in [3.05, 3.63) is 48.5 Å². The molecule has 1 aromatic carbocycles.